The third-order valence-electron chi connectivity index (χ3n) is 4.33. The van der Waals surface area contributed by atoms with E-state index in [1.807, 2.05) is 0 Å². The van der Waals surface area contributed by atoms with Gasteiger partial charge in [-0.25, -0.2) is 9.97 Å². The molecule has 1 aromatic carbocycles. The molecule has 8 heteroatoms. The number of carbonyl (C=O) groups excluding carboxylic acids is 2. The predicted molar refractivity (Wildman–Crippen MR) is 99.3 cm³/mol. The molecule has 0 spiro atoms. The van der Waals surface area contributed by atoms with Gasteiger partial charge in [-0.05, 0) is 49.7 Å². The van der Waals surface area contributed by atoms with E-state index in [1.54, 1.807) is 24.3 Å². The van der Waals surface area contributed by atoms with Gasteiger partial charge < -0.3 is 16.0 Å². The van der Waals surface area contributed by atoms with Gasteiger partial charge in [-0.15, -0.1) is 0 Å². The molecule has 3 N–H and O–H groups in total. The lowest BCUT2D eigenvalue weighted by atomic mass is 9.95. The maximum atomic E-state index is 12.6. The van der Waals surface area contributed by atoms with Gasteiger partial charge in [0.2, 0.25) is 0 Å². The SMILES string of the molecule is CC1CNCCC1NC(=O)c1nccnc1C(=O)Nc1ccc(Cl)cc1. The molecule has 0 radical (unpaired) electrons. The van der Waals surface area contributed by atoms with Crippen LogP contribution in [0.3, 0.4) is 0 Å². The monoisotopic (exact) mass is 373 g/mol. The Kier molecular flexibility index (Phi) is 5.80. The van der Waals surface area contributed by atoms with E-state index in [4.69, 9.17) is 11.6 Å². The van der Waals surface area contributed by atoms with Gasteiger partial charge in [0.05, 0.1) is 0 Å². The molecular formula is C18H20ClN5O2. The minimum atomic E-state index is -0.496. The van der Waals surface area contributed by atoms with Gasteiger partial charge >= 0.3 is 0 Å². The fraction of sp³-hybridized carbons (Fsp3) is 0.333. The number of aromatic nitrogens is 2. The number of piperidine rings is 1. The van der Waals surface area contributed by atoms with Crippen LogP contribution >= 0.6 is 11.6 Å². The van der Waals surface area contributed by atoms with Crippen LogP contribution in [0.5, 0.6) is 0 Å². The second-order valence-corrected chi connectivity index (χ2v) is 6.70. The Labute approximate surface area is 156 Å². The minimum absolute atomic E-state index is 0.0125. The van der Waals surface area contributed by atoms with Crippen LogP contribution in [0.25, 0.3) is 0 Å². The highest BCUT2D eigenvalue weighted by molar-refractivity contribution is 6.30. The lowest BCUT2D eigenvalue weighted by Crippen LogP contribution is -2.48. The first-order valence-corrected chi connectivity index (χ1v) is 8.82. The summed E-state index contributed by atoms with van der Waals surface area (Å²) in [7, 11) is 0. The molecule has 2 amide bonds. The first-order chi connectivity index (χ1) is 12.5. The first kappa shape index (κ1) is 18.3. The largest absolute Gasteiger partial charge is 0.348 e. The van der Waals surface area contributed by atoms with Gasteiger partial charge in [0.1, 0.15) is 0 Å². The molecule has 1 aromatic heterocycles. The molecule has 2 heterocycles. The van der Waals surface area contributed by atoms with E-state index < -0.39 is 11.8 Å². The van der Waals surface area contributed by atoms with Crippen LogP contribution in [-0.2, 0) is 0 Å². The second-order valence-electron chi connectivity index (χ2n) is 6.26. The van der Waals surface area contributed by atoms with E-state index in [0.29, 0.717) is 16.6 Å². The number of rotatable bonds is 4. The number of carbonyl (C=O) groups is 2. The van der Waals surface area contributed by atoms with Gasteiger partial charge in [0.25, 0.3) is 11.8 Å². The lowest BCUT2D eigenvalue weighted by molar-refractivity contribution is 0.0897. The summed E-state index contributed by atoms with van der Waals surface area (Å²) < 4.78 is 0. The number of benzene rings is 1. The Balaban J connectivity index is 1.75. The van der Waals surface area contributed by atoms with Crippen molar-refractivity contribution in [1.29, 1.82) is 0 Å². The number of hydrogen-bond donors (Lipinski definition) is 3. The van der Waals surface area contributed by atoms with Crippen molar-refractivity contribution in [2.45, 2.75) is 19.4 Å². The van der Waals surface area contributed by atoms with Crippen LogP contribution in [0.2, 0.25) is 5.02 Å². The fourth-order valence-corrected chi connectivity index (χ4v) is 2.99. The summed E-state index contributed by atoms with van der Waals surface area (Å²) in [6.45, 7) is 3.76. The van der Waals surface area contributed by atoms with Gasteiger partial charge in [0.15, 0.2) is 11.4 Å². The van der Waals surface area contributed by atoms with E-state index in [-0.39, 0.29) is 17.4 Å². The minimum Gasteiger partial charge on any atom is -0.348 e. The Bertz CT molecular complexity index is 796. The van der Waals surface area contributed by atoms with Crippen LogP contribution < -0.4 is 16.0 Å². The zero-order valence-corrected chi connectivity index (χ0v) is 15.1. The van der Waals surface area contributed by atoms with E-state index in [0.717, 1.165) is 19.5 Å². The molecule has 1 aliphatic heterocycles. The van der Waals surface area contributed by atoms with Crippen LogP contribution in [0.1, 0.15) is 34.3 Å². The lowest BCUT2D eigenvalue weighted by Gasteiger charge is -2.30. The van der Waals surface area contributed by atoms with Gasteiger partial charge in [-0.2, -0.15) is 0 Å². The van der Waals surface area contributed by atoms with Crippen molar-refractivity contribution in [3.05, 3.63) is 53.1 Å². The molecule has 7 nitrogen and oxygen atoms in total. The Morgan fingerprint density at radius 1 is 1.12 bits per heavy atom. The average Bonchev–Trinajstić information content (AvgIpc) is 2.65. The average molecular weight is 374 g/mol. The number of hydrogen-bond acceptors (Lipinski definition) is 5. The summed E-state index contributed by atoms with van der Waals surface area (Å²) in [5.41, 5.74) is 0.564. The molecule has 1 saturated heterocycles. The molecule has 2 unspecified atom stereocenters. The van der Waals surface area contributed by atoms with Crippen LogP contribution in [-0.4, -0.2) is 40.9 Å². The predicted octanol–water partition coefficient (Wildman–Crippen LogP) is 2.11. The smallest absolute Gasteiger partial charge is 0.276 e. The Hall–Kier alpha value is -2.51. The standard InChI is InChI=1S/C18H20ClN5O2/c1-11-10-20-7-6-14(11)24-18(26)16-15(21-8-9-22-16)17(25)23-13-4-2-12(19)3-5-13/h2-5,8-9,11,14,20H,6-7,10H2,1H3,(H,23,25)(H,24,26). The van der Waals surface area contributed by atoms with Crippen molar-refractivity contribution in [3.63, 3.8) is 0 Å². The molecular weight excluding hydrogens is 354 g/mol. The quantitative estimate of drug-likeness (QED) is 0.762. The maximum absolute atomic E-state index is 12.6. The summed E-state index contributed by atoms with van der Waals surface area (Å²) >= 11 is 5.84. The van der Waals surface area contributed by atoms with Crippen molar-refractivity contribution >= 4 is 29.1 Å². The molecule has 2 aromatic rings. The molecule has 1 fully saturated rings. The summed E-state index contributed by atoms with van der Waals surface area (Å²) in [6, 6.07) is 6.72. The molecule has 26 heavy (non-hydrogen) atoms. The van der Waals surface area contributed by atoms with Crippen molar-refractivity contribution in [2.75, 3.05) is 18.4 Å². The molecule has 0 aliphatic carbocycles. The number of nitrogens with one attached hydrogen (secondary N) is 3. The number of amides is 2. The van der Waals surface area contributed by atoms with Crippen molar-refractivity contribution in [1.82, 2.24) is 20.6 Å². The van der Waals surface area contributed by atoms with Crippen molar-refractivity contribution < 1.29 is 9.59 Å². The second kappa shape index (κ2) is 8.25. The first-order valence-electron chi connectivity index (χ1n) is 8.44. The van der Waals surface area contributed by atoms with Gasteiger partial charge in [0, 0.05) is 29.1 Å². The van der Waals surface area contributed by atoms with Crippen LogP contribution in [0.15, 0.2) is 36.7 Å². The highest BCUT2D eigenvalue weighted by atomic mass is 35.5. The molecule has 1 aliphatic rings. The number of nitrogens with zero attached hydrogens (tertiary/aromatic N) is 2. The summed E-state index contributed by atoms with van der Waals surface area (Å²) in [5, 5.41) is 9.53. The maximum Gasteiger partial charge on any atom is 0.276 e. The fourth-order valence-electron chi connectivity index (χ4n) is 2.86. The summed E-state index contributed by atoms with van der Waals surface area (Å²) in [4.78, 5) is 33.3. The Morgan fingerprint density at radius 2 is 1.77 bits per heavy atom. The van der Waals surface area contributed by atoms with Crippen molar-refractivity contribution in [3.8, 4) is 0 Å². The Morgan fingerprint density at radius 3 is 2.42 bits per heavy atom. The molecule has 136 valence electrons. The van der Waals surface area contributed by atoms with E-state index in [2.05, 4.69) is 32.8 Å². The summed E-state index contributed by atoms with van der Waals surface area (Å²) in [5.74, 6) is -0.585. The van der Waals surface area contributed by atoms with E-state index in [9.17, 15) is 9.59 Å². The third kappa shape index (κ3) is 4.36. The van der Waals surface area contributed by atoms with Gasteiger partial charge in [-0.1, -0.05) is 18.5 Å². The topological polar surface area (TPSA) is 96.0 Å². The highest BCUT2D eigenvalue weighted by Crippen LogP contribution is 2.15. The zero-order valence-electron chi connectivity index (χ0n) is 14.3. The van der Waals surface area contributed by atoms with Crippen LogP contribution in [0.4, 0.5) is 5.69 Å². The molecule has 2 atom stereocenters. The molecule has 3 rings (SSSR count). The van der Waals surface area contributed by atoms with E-state index >= 15 is 0 Å². The zero-order chi connectivity index (χ0) is 18.5. The highest BCUT2D eigenvalue weighted by Gasteiger charge is 2.26. The van der Waals surface area contributed by atoms with Crippen LogP contribution in [0, 0.1) is 5.92 Å². The molecule has 0 bridgehead atoms. The summed E-state index contributed by atoms with van der Waals surface area (Å²) in [6.07, 6.45) is 3.63. The van der Waals surface area contributed by atoms with E-state index in [1.165, 1.54) is 12.4 Å². The van der Waals surface area contributed by atoms with Gasteiger partial charge in [-0.3, -0.25) is 9.59 Å². The molecule has 0 saturated carbocycles. The van der Waals surface area contributed by atoms with Crippen molar-refractivity contribution in [2.24, 2.45) is 5.92 Å². The number of anilines is 1. The third-order valence-corrected chi connectivity index (χ3v) is 4.58. The number of halogens is 1. The normalized spacial score (nSPS) is 19.6.